The summed E-state index contributed by atoms with van der Waals surface area (Å²) in [5.41, 5.74) is 1.43. The summed E-state index contributed by atoms with van der Waals surface area (Å²) in [4.78, 5) is 41.9. The number of alkyl halides is 3. The molecule has 1 saturated heterocycles. The number of halogens is 3. The predicted octanol–water partition coefficient (Wildman–Crippen LogP) is 5.96. The Balaban J connectivity index is 1.35. The van der Waals surface area contributed by atoms with Crippen LogP contribution in [0.1, 0.15) is 37.9 Å². The summed E-state index contributed by atoms with van der Waals surface area (Å²) in [6.07, 6.45) is -4.47. The highest BCUT2D eigenvalue weighted by Gasteiger charge is 2.31. The van der Waals surface area contributed by atoms with Gasteiger partial charge in [-0.2, -0.15) is 13.2 Å². The standard InChI is InChI=1S/C34H30F3N3O5/c1-44-29-21-25(38-31(41)27-10-6-5-9-26(27)22-11-13-24(14-12-22)34(35,36)37)15-16-28(29)32(42)39-30(23-7-3-2-4-8-23)33(43)40-17-19-45-20-18-40/h2-16,21,30H,17-20H2,1H3,(H,38,41)(H,39,42)/t30-/m0/s1. The van der Waals surface area contributed by atoms with E-state index in [0.29, 0.717) is 48.7 Å². The molecule has 0 spiro atoms. The first-order valence-electron chi connectivity index (χ1n) is 14.1. The van der Waals surface area contributed by atoms with E-state index in [1.165, 1.54) is 37.4 Å². The first-order chi connectivity index (χ1) is 21.7. The molecule has 1 aliphatic rings. The van der Waals surface area contributed by atoms with E-state index in [2.05, 4.69) is 10.6 Å². The van der Waals surface area contributed by atoms with Gasteiger partial charge in [-0.05, 0) is 47.0 Å². The Kier molecular flexibility index (Phi) is 9.48. The van der Waals surface area contributed by atoms with Crippen molar-refractivity contribution < 1.29 is 37.0 Å². The van der Waals surface area contributed by atoms with E-state index in [0.717, 1.165) is 12.1 Å². The van der Waals surface area contributed by atoms with Gasteiger partial charge >= 0.3 is 6.18 Å². The van der Waals surface area contributed by atoms with Crippen LogP contribution >= 0.6 is 0 Å². The molecule has 0 bridgehead atoms. The lowest BCUT2D eigenvalue weighted by molar-refractivity contribution is -0.138. The highest BCUT2D eigenvalue weighted by atomic mass is 19.4. The molecule has 0 radical (unpaired) electrons. The molecule has 1 fully saturated rings. The number of nitrogens with zero attached hydrogens (tertiary/aromatic N) is 1. The van der Waals surface area contributed by atoms with E-state index in [9.17, 15) is 27.6 Å². The minimum absolute atomic E-state index is 0.149. The number of hydrogen-bond donors (Lipinski definition) is 2. The predicted molar refractivity (Wildman–Crippen MR) is 162 cm³/mol. The van der Waals surface area contributed by atoms with Crippen LogP contribution in [0.2, 0.25) is 0 Å². The number of methoxy groups -OCH3 is 1. The lowest BCUT2D eigenvalue weighted by atomic mass is 9.98. The molecule has 8 nitrogen and oxygen atoms in total. The van der Waals surface area contributed by atoms with Gasteiger partial charge in [0.2, 0.25) is 5.91 Å². The average molecular weight is 618 g/mol. The number of carbonyl (C=O) groups is 3. The normalized spacial score (nSPS) is 13.9. The van der Waals surface area contributed by atoms with E-state index in [-0.39, 0.29) is 22.8 Å². The first-order valence-corrected chi connectivity index (χ1v) is 14.1. The molecule has 3 amide bonds. The maximum atomic E-state index is 13.5. The van der Waals surface area contributed by atoms with Crippen molar-refractivity contribution in [1.82, 2.24) is 10.2 Å². The molecule has 232 valence electrons. The second kappa shape index (κ2) is 13.6. The molecule has 5 rings (SSSR count). The third-order valence-corrected chi connectivity index (χ3v) is 7.38. The third kappa shape index (κ3) is 7.32. The molecule has 4 aromatic carbocycles. The van der Waals surface area contributed by atoms with E-state index in [1.54, 1.807) is 53.4 Å². The fourth-order valence-corrected chi connectivity index (χ4v) is 5.03. The van der Waals surface area contributed by atoms with Crippen LogP contribution in [0.3, 0.4) is 0 Å². The van der Waals surface area contributed by atoms with Gasteiger partial charge in [0.1, 0.15) is 11.8 Å². The molecule has 4 aromatic rings. The van der Waals surface area contributed by atoms with Gasteiger partial charge in [-0.3, -0.25) is 14.4 Å². The number of anilines is 1. The Labute approximate surface area is 257 Å². The van der Waals surface area contributed by atoms with Gasteiger partial charge in [0, 0.05) is 30.4 Å². The molecule has 1 heterocycles. The van der Waals surface area contributed by atoms with E-state index >= 15 is 0 Å². The van der Waals surface area contributed by atoms with E-state index < -0.39 is 29.6 Å². The minimum Gasteiger partial charge on any atom is -0.496 e. The van der Waals surface area contributed by atoms with Gasteiger partial charge in [0.25, 0.3) is 11.8 Å². The molecular weight excluding hydrogens is 587 g/mol. The highest BCUT2D eigenvalue weighted by Crippen LogP contribution is 2.32. The van der Waals surface area contributed by atoms with Crippen LogP contribution < -0.4 is 15.4 Å². The molecule has 11 heteroatoms. The van der Waals surface area contributed by atoms with Crippen LogP contribution in [-0.2, 0) is 15.7 Å². The maximum Gasteiger partial charge on any atom is 0.416 e. The zero-order chi connectivity index (χ0) is 32.0. The summed E-state index contributed by atoms with van der Waals surface area (Å²) in [6.45, 7) is 1.66. The second-order valence-corrected chi connectivity index (χ2v) is 10.2. The highest BCUT2D eigenvalue weighted by molar-refractivity contribution is 6.09. The lowest BCUT2D eigenvalue weighted by Gasteiger charge is -2.31. The molecule has 0 unspecified atom stereocenters. The number of rotatable bonds is 8. The SMILES string of the molecule is COc1cc(NC(=O)c2ccccc2-c2ccc(C(F)(F)F)cc2)ccc1C(=O)N[C@H](C(=O)N1CCOCC1)c1ccccc1. The largest absolute Gasteiger partial charge is 0.496 e. The second-order valence-electron chi connectivity index (χ2n) is 10.2. The Hall–Kier alpha value is -5.16. The first kappa shape index (κ1) is 31.3. The molecule has 1 atom stereocenters. The summed E-state index contributed by atoms with van der Waals surface area (Å²) < 4.78 is 50.0. The molecule has 1 aliphatic heterocycles. The van der Waals surface area contributed by atoms with Crippen molar-refractivity contribution >= 4 is 23.4 Å². The average Bonchev–Trinajstić information content (AvgIpc) is 3.07. The van der Waals surface area contributed by atoms with Crippen molar-refractivity contribution in [3.8, 4) is 16.9 Å². The van der Waals surface area contributed by atoms with Crippen molar-refractivity contribution in [2.24, 2.45) is 0 Å². The zero-order valence-electron chi connectivity index (χ0n) is 24.3. The molecule has 0 saturated carbocycles. The maximum absolute atomic E-state index is 13.5. The van der Waals surface area contributed by atoms with E-state index in [1.807, 2.05) is 6.07 Å². The summed E-state index contributed by atoms with van der Waals surface area (Å²) in [5, 5.41) is 5.61. The van der Waals surface area contributed by atoms with Crippen LogP contribution in [0.5, 0.6) is 5.75 Å². The Bertz CT molecular complexity index is 1670. The Morgan fingerprint density at radius 3 is 2.16 bits per heavy atom. The van der Waals surface area contributed by atoms with Crippen LogP contribution in [-0.4, -0.2) is 56.0 Å². The number of amides is 3. The summed E-state index contributed by atoms with van der Waals surface area (Å²) in [7, 11) is 1.38. The molecule has 45 heavy (non-hydrogen) atoms. The Morgan fingerprint density at radius 2 is 1.49 bits per heavy atom. The van der Waals surface area contributed by atoms with Crippen LogP contribution in [0.25, 0.3) is 11.1 Å². The van der Waals surface area contributed by atoms with Gasteiger partial charge < -0.3 is 25.0 Å². The van der Waals surface area contributed by atoms with Crippen LogP contribution in [0.15, 0.2) is 97.1 Å². The topological polar surface area (TPSA) is 97.0 Å². The number of morpholine rings is 1. The fourth-order valence-electron chi connectivity index (χ4n) is 5.03. The number of carbonyl (C=O) groups excluding carboxylic acids is 3. The third-order valence-electron chi connectivity index (χ3n) is 7.38. The quantitative estimate of drug-likeness (QED) is 0.254. The molecule has 2 N–H and O–H groups in total. The minimum atomic E-state index is -4.47. The molecule has 0 aliphatic carbocycles. The van der Waals surface area contributed by atoms with Gasteiger partial charge in [-0.15, -0.1) is 0 Å². The fraction of sp³-hybridized carbons (Fsp3) is 0.206. The Morgan fingerprint density at radius 1 is 0.822 bits per heavy atom. The number of nitrogens with one attached hydrogen (secondary N) is 2. The lowest BCUT2D eigenvalue weighted by Crippen LogP contribution is -2.47. The van der Waals surface area contributed by atoms with Crippen molar-refractivity contribution in [1.29, 1.82) is 0 Å². The van der Waals surface area contributed by atoms with Crippen LogP contribution in [0, 0.1) is 0 Å². The van der Waals surface area contributed by atoms with Crippen molar-refractivity contribution in [2.45, 2.75) is 12.2 Å². The summed E-state index contributed by atoms with van der Waals surface area (Å²) in [5.74, 6) is -1.16. The number of hydrogen-bond acceptors (Lipinski definition) is 5. The summed E-state index contributed by atoms with van der Waals surface area (Å²) in [6, 6.07) is 23.6. The van der Waals surface area contributed by atoms with Gasteiger partial charge in [-0.25, -0.2) is 0 Å². The van der Waals surface area contributed by atoms with Crippen molar-refractivity contribution in [3.05, 3.63) is 119 Å². The molecule has 0 aromatic heterocycles. The number of ether oxygens (including phenoxy) is 2. The summed E-state index contributed by atoms with van der Waals surface area (Å²) >= 11 is 0. The van der Waals surface area contributed by atoms with Crippen molar-refractivity contribution in [2.75, 3.05) is 38.7 Å². The smallest absolute Gasteiger partial charge is 0.416 e. The van der Waals surface area contributed by atoms with Gasteiger partial charge in [0.05, 0.1) is 31.5 Å². The van der Waals surface area contributed by atoms with E-state index in [4.69, 9.17) is 9.47 Å². The zero-order valence-corrected chi connectivity index (χ0v) is 24.3. The monoisotopic (exact) mass is 617 g/mol. The number of benzene rings is 4. The van der Waals surface area contributed by atoms with Crippen molar-refractivity contribution in [3.63, 3.8) is 0 Å². The van der Waals surface area contributed by atoms with Crippen LogP contribution in [0.4, 0.5) is 18.9 Å². The molecular formula is C34H30F3N3O5. The van der Waals surface area contributed by atoms with Gasteiger partial charge in [-0.1, -0.05) is 60.7 Å². The van der Waals surface area contributed by atoms with Gasteiger partial charge in [0.15, 0.2) is 0 Å².